The molecule has 3 aliphatic rings. The van der Waals surface area contributed by atoms with Crippen molar-refractivity contribution in [3.63, 3.8) is 0 Å². The number of anilines is 2. The smallest absolute Gasteiger partial charge is 0.260 e. The van der Waals surface area contributed by atoms with Crippen molar-refractivity contribution in [3.05, 3.63) is 35.9 Å². The predicted octanol–water partition coefficient (Wildman–Crippen LogP) is 2.07. The molecule has 142 valence electrons. The predicted molar refractivity (Wildman–Crippen MR) is 107 cm³/mol. The summed E-state index contributed by atoms with van der Waals surface area (Å²) in [7, 11) is 0. The molecule has 3 heterocycles. The average molecular weight is 386 g/mol. The first-order chi connectivity index (χ1) is 13.0. The maximum atomic E-state index is 13.1. The molecule has 0 aliphatic carbocycles. The van der Waals surface area contributed by atoms with Gasteiger partial charge in [-0.25, -0.2) is 0 Å². The molecule has 0 spiro atoms. The van der Waals surface area contributed by atoms with E-state index in [1.54, 1.807) is 34.6 Å². The van der Waals surface area contributed by atoms with Gasteiger partial charge >= 0.3 is 0 Å². The summed E-state index contributed by atoms with van der Waals surface area (Å²) in [6.07, 6.45) is 3.07. The maximum absolute atomic E-state index is 13.1. The largest absolute Gasteiger partial charge is 0.360 e. The van der Waals surface area contributed by atoms with Crippen LogP contribution in [0.15, 0.2) is 35.5 Å². The molecule has 27 heavy (non-hydrogen) atoms. The van der Waals surface area contributed by atoms with Crippen molar-refractivity contribution in [1.29, 1.82) is 0 Å². The second kappa shape index (κ2) is 7.01. The van der Waals surface area contributed by atoms with E-state index in [0.717, 1.165) is 22.0 Å². The van der Waals surface area contributed by atoms with Crippen molar-refractivity contribution in [2.75, 3.05) is 23.0 Å². The number of benzene rings is 1. The zero-order valence-electron chi connectivity index (χ0n) is 15.5. The highest BCUT2D eigenvalue weighted by Crippen LogP contribution is 2.38. The summed E-state index contributed by atoms with van der Waals surface area (Å²) in [5.41, 5.74) is 5.42. The van der Waals surface area contributed by atoms with Gasteiger partial charge in [-0.2, -0.15) is 5.10 Å². The van der Waals surface area contributed by atoms with Crippen molar-refractivity contribution in [2.24, 2.45) is 5.10 Å². The number of hydrogen-bond donors (Lipinski definition) is 1. The number of carbonyl (C=O) groups excluding carboxylic acids is 2. The minimum atomic E-state index is -0.572. The van der Waals surface area contributed by atoms with Crippen LogP contribution in [0, 0.1) is 0 Å². The normalized spacial score (nSPS) is 26.6. The Bertz CT molecular complexity index is 853. The van der Waals surface area contributed by atoms with E-state index < -0.39 is 6.10 Å². The van der Waals surface area contributed by atoms with Gasteiger partial charge in [0.15, 0.2) is 6.10 Å². The molecule has 0 fully saturated rings. The van der Waals surface area contributed by atoms with Crippen LogP contribution in [-0.2, 0) is 14.3 Å². The van der Waals surface area contributed by atoms with Crippen LogP contribution in [0.25, 0.3) is 0 Å². The molecular formula is C19H22N4O3S. The topological polar surface area (TPSA) is 74.2 Å². The van der Waals surface area contributed by atoms with Crippen LogP contribution in [0.2, 0.25) is 0 Å². The van der Waals surface area contributed by atoms with E-state index >= 15 is 0 Å². The zero-order valence-corrected chi connectivity index (χ0v) is 16.3. The fraction of sp³-hybridized carbons (Fsp3) is 0.421. The summed E-state index contributed by atoms with van der Waals surface area (Å²) < 4.78 is 5.52. The number of nitrogens with zero attached hydrogens (tertiary/aromatic N) is 3. The molecular weight excluding hydrogens is 364 g/mol. The summed E-state index contributed by atoms with van der Waals surface area (Å²) in [6.45, 7) is 6.42. The summed E-state index contributed by atoms with van der Waals surface area (Å²) in [4.78, 5) is 28.8. The SMILES string of the molecule is CC(=O)N1c2ccc(C3=NNC(C)S3)cc2N(C(=O)C2C=CCO2)C[C@@H]1C. The molecule has 2 amide bonds. The van der Waals surface area contributed by atoms with Crippen LogP contribution >= 0.6 is 11.8 Å². The van der Waals surface area contributed by atoms with Gasteiger partial charge in [-0.15, -0.1) is 0 Å². The lowest BCUT2D eigenvalue weighted by Gasteiger charge is -2.41. The molecule has 0 bridgehead atoms. The molecule has 0 radical (unpaired) electrons. The van der Waals surface area contributed by atoms with Gasteiger partial charge in [-0.3, -0.25) is 15.0 Å². The number of nitrogens with one attached hydrogen (secondary N) is 1. The molecule has 7 nitrogen and oxygen atoms in total. The van der Waals surface area contributed by atoms with Gasteiger partial charge in [0.25, 0.3) is 5.91 Å². The highest BCUT2D eigenvalue weighted by molar-refractivity contribution is 8.15. The van der Waals surface area contributed by atoms with Gasteiger partial charge in [0.2, 0.25) is 5.91 Å². The Morgan fingerprint density at radius 1 is 1.30 bits per heavy atom. The Morgan fingerprint density at radius 2 is 2.11 bits per heavy atom. The fourth-order valence-corrected chi connectivity index (χ4v) is 4.46. The molecule has 3 atom stereocenters. The number of hydrogen-bond acceptors (Lipinski definition) is 6. The molecule has 0 saturated heterocycles. The Kier molecular flexibility index (Phi) is 4.69. The molecule has 1 aromatic rings. The summed E-state index contributed by atoms with van der Waals surface area (Å²) in [6, 6.07) is 5.68. The number of hydrazone groups is 1. The molecule has 0 aromatic heterocycles. The number of fused-ring (bicyclic) bond motifs is 1. The monoisotopic (exact) mass is 386 g/mol. The first-order valence-electron chi connectivity index (χ1n) is 8.99. The minimum Gasteiger partial charge on any atom is -0.360 e. The first kappa shape index (κ1) is 18.1. The highest BCUT2D eigenvalue weighted by atomic mass is 32.2. The summed E-state index contributed by atoms with van der Waals surface area (Å²) in [5.74, 6) is -0.145. The molecule has 1 aromatic carbocycles. The average Bonchev–Trinajstić information content (AvgIpc) is 3.31. The number of thioether (sulfide) groups is 1. The lowest BCUT2D eigenvalue weighted by molar-refractivity contribution is -0.126. The molecule has 2 unspecified atom stereocenters. The third-order valence-electron chi connectivity index (χ3n) is 4.83. The van der Waals surface area contributed by atoms with Crippen LogP contribution in [0.1, 0.15) is 26.3 Å². The Hall–Kier alpha value is -2.32. The number of carbonyl (C=O) groups is 2. The van der Waals surface area contributed by atoms with Gasteiger partial charge in [-0.05, 0) is 38.1 Å². The molecule has 8 heteroatoms. The molecule has 3 aliphatic heterocycles. The molecule has 1 N–H and O–H groups in total. The lowest BCUT2D eigenvalue weighted by atomic mass is 10.0. The Labute approximate surface area is 162 Å². The van der Waals surface area contributed by atoms with Gasteiger partial charge in [0, 0.05) is 19.0 Å². The van der Waals surface area contributed by atoms with Crippen molar-refractivity contribution in [1.82, 2.24) is 5.43 Å². The van der Waals surface area contributed by atoms with Crippen LogP contribution in [0.3, 0.4) is 0 Å². The fourth-order valence-electron chi connectivity index (χ4n) is 3.65. The summed E-state index contributed by atoms with van der Waals surface area (Å²) in [5, 5.41) is 5.45. The van der Waals surface area contributed by atoms with E-state index in [1.165, 1.54) is 0 Å². The quantitative estimate of drug-likeness (QED) is 0.788. The third-order valence-corrected chi connectivity index (χ3v) is 5.84. The maximum Gasteiger partial charge on any atom is 0.260 e. The summed E-state index contributed by atoms with van der Waals surface area (Å²) >= 11 is 1.63. The second-order valence-corrected chi connectivity index (χ2v) is 8.21. The van der Waals surface area contributed by atoms with Crippen molar-refractivity contribution < 1.29 is 14.3 Å². The second-order valence-electron chi connectivity index (χ2n) is 6.88. The number of ether oxygens (including phenoxy) is 1. The van der Waals surface area contributed by atoms with Crippen LogP contribution < -0.4 is 15.2 Å². The van der Waals surface area contributed by atoms with E-state index in [-0.39, 0.29) is 23.2 Å². The third kappa shape index (κ3) is 3.23. The van der Waals surface area contributed by atoms with Crippen molar-refractivity contribution >= 4 is 40.0 Å². The molecule has 0 saturated carbocycles. The first-order valence-corrected chi connectivity index (χ1v) is 9.87. The van der Waals surface area contributed by atoms with E-state index in [4.69, 9.17) is 4.74 Å². The number of amides is 2. The molecule has 4 rings (SSSR count). The van der Waals surface area contributed by atoms with Crippen molar-refractivity contribution in [3.8, 4) is 0 Å². The Morgan fingerprint density at radius 3 is 2.74 bits per heavy atom. The van der Waals surface area contributed by atoms with Gasteiger partial charge in [0.05, 0.1) is 29.4 Å². The standard InChI is InChI=1S/C19H22N4O3S/c1-11-10-22(19(25)17-5-4-8-26-17)16-9-14(18-21-20-12(2)27-18)6-7-15(16)23(11)13(3)24/h4-7,9,11-12,17,20H,8,10H2,1-3H3/t11-,12?,17?/m0/s1. The zero-order chi connectivity index (χ0) is 19.1. The van der Waals surface area contributed by atoms with E-state index in [0.29, 0.717) is 13.2 Å². The Balaban J connectivity index is 1.76. The van der Waals surface area contributed by atoms with Crippen LogP contribution in [0.5, 0.6) is 0 Å². The van der Waals surface area contributed by atoms with Gasteiger partial charge in [-0.1, -0.05) is 17.8 Å². The van der Waals surface area contributed by atoms with Gasteiger partial charge < -0.3 is 14.5 Å². The van der Waals surface area contributed by atoms with Crippen LogP contribution in [0.4, 0.5) is 11.4 Å². The highest BCUT2D eigenvalue weighted by Gasteiger charge is 2.37. The van der Waals surface area contributed by atoms with Crippen molar-refractivity contribution in [2.45, 2.75) is 38.3 Å². The van der Waals surface area contributed by atoms with Crippen LogP contribution in [-0.4, -0.2) is 47.5 Å². The number of rotatable bonds is 2. The van der Waals surface area contributed by atoms with E-state index in [9.17, 15) is 9.59 Å². The van der Waals surface area contributed by atoms with E-state index in [1.807, 2.05) is 38.1 Å². The lowest BCUT2D eigenvalue weighted by Crippen LogP contribution is -2.53. The minimum absolute atomic E-state index is 0.0384. The van der Waals surface area contributed by atoms with E-state index in [2.05, 4.69) is 10.5 Å². The van der Waals surface area contributed by atoms with Gasteiger partial charge in [0.1, 0.15) is 5.04 Å².